The number of aromatic nitrogens is 2. The number of para-hydroxylation sites is 2. The smallest absolute Gasteiger partial charge is 0.224 e. The van der Waals surface area contributed by atoms with E-state index >= 15 is 0 Å². The highest BCUT2D eigenvalue weighted by Gasteiger charge is 2.10. The molecule has 25 heavy (non-hydrogen) atoms. The lowest BCUT2D eigenvalue weighted by Crippen LogP contribution is -2.31. The Kier molecular flexibility index (Phi) is 5.28. The minimum Gasteiger partial charge on any atom is -0.492 e. The Morgan fingerprint density at radius 3 is 2.76 bits per heavy atom. The lowest BCUT2D eigenvalue weighted by molar-refractivity contribution is -0.130. The summed E-state index contributed by atoms with van der Waals surface area (Å²) in [5.41, 5.74) is 1.95. The molecule has 0 unspecified atom stereocenters. The molecule has 0 aliphatic carbocycles. The van der Waals surface area contributed by atoms with Crippen molar-refractivity contribution in [3.8, 4) is 5.75 Å². The van der Waals surface area contributed by atoms with Crippen molar-refractivity contribution in [2.24, 2.45) is 0 Å². The van der Waals surface area contributed by atoms with Crippen molar-refractivity contribution in [3.05, 3.63) is 60.7 Å². The summed E-state index contributed by atoms with van der Waals surface area (Å²) in [6.45, 7) is 1.42. The molecule has 1 amide bonds. The zero-order valence-electron chi connectivity index (χ0n) is 14.1. The molecule has 2 aromatic carbocycles. The predicted molar refractivity (Wildman–Crippen MR) is 93.9 cm³/mol. The van der Waals surface area contributed by atoms with Gasteiger partial charge in [-0.25, -0.2) is 9.37 Å². The fraction of sp³-hybridized carbons (Fsp3) is 0.263. The minimum atomic E-state index is -0.299. The summed E-state index contributed by atoms with van der Waals surface area (Å²) in [7, 11) is 1.75. The molecule has 0 atom stereocenters. The Morgan fingerprint density at radius 1 is 1.20 bits per heavy atom. The van der Waals surface area contributed by atoms with Gasteiger partial charge in [0.25, 0.3) is 0 Å². The summed E-state index contributed by atoms with van der Waals surface area (Å²) < 4.78 is 20.3. The third-order valence-electron chi connectivity index (χ3n) is 4.03. The van der Waals surface area contributed by atoms with Gasteiger partial charge in [0.1, 0.15) is 18.2 Å². The van der Waals surface area contributed by atoms with E-state index in [4.69, 9.17) is 4.74 Å². The number of halogens is 1. The summed E-state index contributed by atoms with van der Waals surface area (Å²) in [4.78, 5) is 18.2. The summed E-state index contributed by atoms with van der Waals surface area (Å²) >= 11 is 0. The highest BCUT2D eigenvalue weighted by molar-refractivity contribution is 5.77. The molecule has 5 nitrogen and oxygen atoms in total. The van der Waals surface area contributed by atoms with Crippen LogP contribution in [-0.4, -0.2) is 40.6 Å². The van der Waals surface area contributed by atoms with E-state index in [-0.39, 0.29) is 11.7 Å². The van der Waals surface area contributed by atoms with Crippen LogP contribution in [0.1, 0.15) is 6.42 Å². The Morgan fingerprint density at radius 2 is 1.96 bits per heavy atom. The topological polar surface area (TPSA) is 47.4 Å². The van der Waals surface area contributed by atoms with Gasteiger partial charge in [-0.2, -0.15) is 0 Å². The van der Waals surface area contributed by atoms with E-state index in [9.17, 15) is 9.18 Å². The van der Waals surface area contributed by atoms with Gasteiger partial charge >= 0.3 is 0 Å². The maximum Gasteiger partial charge on any atom is 0.224 e. The maximum absolute atomic E-state index is 12.8. The molecule has 130 valence electrons. The van der Waals surface area contributed by atoms with Crippen LogP contribution >= 0.6 is 0 Å². The second-order valence-corrected chi connectivity index (χ2v) is 5.79. The van der Waals surface area contributed by atoms with Crippen LogP contribution in [0.5, 0.6) is 5.75 Å². The van der Waals surface area contributed by atoms with Crippen molar-refractivity contribution in [2.45, 2.75) is 13.0 Å². The fourth-order valence-electron chi connectivity index (χ4n) is 2.55. The maximum atomic E-state index is 12.8. The van der Waals surface area contributed by atoms with E-state index in [2.05, 4.69) is 4.98 Å². The van der Waals surface area contributed by atoms with Crippen LogP contribution in [0.15, 0.2) is 54.9 Å². The Balaban J connectivity index is 1.45. The van der Waals surface area contributed by atoms with E-state index in [1.54, 1.807) is 30.4 Å². The first-order valence-corrected chi connectivity index (χ1v) is 8.16. The Labute approximate surface area is 145 Å². The average molecular weight is 341 g/mol. The van der Waals surface area contributed by atoms with Crippen LogP contribution < -0.4 is 4.74 Å². The van der Waals surface area contributed by atoms with Crippen LogP contribution in [0.2, 0.25) is 0 Å². The molecule has 0 saturated heterocycles. The van der Waals surface area contributed by atoms with Crippen LogP contribution in [0, 0.1) is 5.82 Å². The molecule has 3 rings (SSSR count). The molecular formula is C19H20FN3O2. The van der Waals surface area contributed by atoms with Crippen LogP contribution in [0.25, 0.3) is 11.0 Å². The molecule has 1 heterocycles. The largest absolute Gasteiger partial charge is 0.492 e. The van der Waals surface area contributed by atoms with Crippen LogP contribution in [-0.2, 0) is 11.3 Å². The van der Waals surface area contributed by atoms with Crippen molar-refractivity contribution < 1.29 is 13.9 Å². The number of carbonyl (C=O) groups is 1. The van der Waals surface area contributed by atoms with Gasteiger partial charge in [0, 0.05) is 20.0 Å². The van der Waals surface area contributed by atoms with E-state index in [1.807, 2.05) is 28.8 Å². The van der Waals surface area contributed by atoms with Gasteiger partial charge in [0.05, 0.1) is 23.9 Å². The molecule has 0 spiro atoms. The Hall–Kier alpha value is -2.89. The summed E-state index contributed by atoms with van der Waals surface area (Å²) in [5.74, 6) is 0.333. The number of likely N-dealkylation sites (N-methyl/N-ethyl adjacent to an activating group) is 1. The highest BCUT2D eigenvalue weighted by Crippen LogP contribution is 2.13. The number of benzene rings is 2. The number of ether oxygens (including phenoxy) is 1. The molecule has 0 aliphatic heterocycles. The van der Waals surface area contributed by atoms with Crippen molar-refractivity contribution >= 4 is 16.9 Å². The van der Waals surface area contributed by atoms with Gasteiger partial charge in [-0.1, -0.05) is 12.1 Å². The standard InChI is InChI=1S/C19H20FN3O2/c1-22(12-13-25-16-8-6-15(20)7-9-16)19(24)10-11-23-14-21-17-4-2-3-5-18(17)23/h2-9,14H,10-13H2,1H3. The second kappa shape index (κ2) is 7.79. The number of fused-ring (bicyclic) bond motifs is 1. The number of hydrogen-bond donors (Lipinski definition) is 0. The van der Waals surface area contributed by atoms with Crippen molar-refractivity contribution in [1.82, 2.24) is 14.5 Å². The molecule has 1 aromatic heterocycles. The number of rotatable bonds is 7. The Bertz CT molecular complexity index is 845. The van der Waals surface area contributed by atoms with Crippen LogP contribution in [0.4, 0.5) is 4.39 Å². The third kappa shape index (κ3) is 4.35. The lowest BCUT2D eigenvalue weighted by Gasteiger charge is -2.17. The monoisotopic (exact) mass is 341 g/mol. The SMILES string of the molecule is CN(CCOc1ccc(F)cc1)C(=O)CCn1cnc2ccccc21. The van der Waals surface area contributed by atoms with Gasteiger partial charge in [-0.3, -0.25) is 4.79 Å². The number of aryl methyl sites for hydroxylation is 1. The van der Waals surface area contributed by atoms with Crippen LogP contribution in [0.3, 0.4) is 0 Å². The minimum absolute atomic E-state index is 0.0421. The first kappa shape index (κ1) is 17.0. The summed E-state index contributed by atoms with van der Waals surface area (Å²) in [6.07, 6.45) is 2.16. The molecular weight excluding hydrogens is 321 g/mol. The van der Waals surface area contributed by atoms with E-state index < -0.39 is 0 Å². The molecule has 0 N–H and O–H groups in total. The van der Waals surface area contributed by atoms with Crippen molar-refractivity contribution in [3.63, 3.8) is 0 Å². The normalized spacial score (nSPS) is 10.8. The first-order chi connectivity index (χ1) is 12.1. The molecule has 0 saturated carbocycles. The zero-order valence-corrected chi connectivity index (χ0v) is 14.1. The number of nitrogens with zero attached hydrogens (tertiary/aromatic N) is 3. The van der Waals surface area contributed by atoms with Crippen molar-refractivity contribution in [2.75, 3.05) is 20.2 Å². The quantitative estimate of drug-likeness (QED) is 0.663. The fourth-order valence-corrected chi connectivity index (χ4v) is 2.55. The molecule has 3 aromatic rings. The van der Waals surface area contributed by atoms with E-state index in [0.717, 1.165) is 11.0 Å². The molecule has 0 radical (unpaired) electrons. The van der Waals surface area contributed by atoms with E-state index in [0.29, 0.717) is 31.9 Å². The number of imidazole rings is 1. The molecule has 6 heteroatoms. The van der Waals surface area contributed by atoms with Gasteiger partial charge in [0.15, 0.2) is 0 Å². The highest BCUT2D eigenvalue weighted by atomic mass is 19.1. The third-order valence-corrected chi connectivity index (χ3v) is 4.03. The lowest BCUT2D eigenvalue weighted by atomic mass is 10.3. The van der Waals surface area contributed by atoms with Gasteiger partial charge in [0.2, 0.25) is 5.91 Å². The first-order valence-electron chi connectivity index (χ1n) is 8.16. The summed E-state index contributed by atoms with van der Waals surface area (Å²) in [5, 5.41) is 0. The molecule has 0 fully saturated rings. The van der Waals surface area contributed by atoms with Crippen molar-refractivity contribution in [1.29, 1.82) is 0 Å². The zero-order chi connectivity index (χ0) is 17.6. The van der Waals surface area contributed by atoms with Gasteiger partial charge in [-0.15, -0.1) is 0 Å². The predicted octanol–water partition coefficient (Wildman–Crippen LogP) is 3.10. The molecule has 0 bridgehead atoms. The molecule has 0 aliphatic rings. The second-order valence-electron chi connectivity index (χ2n) is 5.79. The van der Waals surface area contributed by atoms with E-state index in [1.165, 1.54) is 12.1 Å². The average Bonchev–Trinajstić information content (AvgIpc) is 3.04. The number of amides is 1. The summed E-state index contributed by atoms with van der Waals surface area (Å²) in [6, 6.07) is 13.7. The van der Waals surface area contributed by atoms with Gasteiger partial charge in [-0.05, 0) is 36.4 Å². The van der Waals surface area contributed by atoms with Gasteiger partial charge < -0.3 is 14.2 Å². The number of hydrogen-bond acceptors (Lipinski definition) is 3. The number of carbonyl (C=O) groups excluding carboxylic acids is 1.